The van der Waals surface area contributed by atoms with Crippen LogP contribution in [0.2, 0.25) is 0 Å². The number of H-pyrrole nitrogens is 1. The predicted octanol–water partition coefficient (Wildman–Crippen LogP) is 0.876. The number of aromatic nitrogens is 2. The summed E-state index contributed by atoms with van der Waals surface area (Å²) in [6, 6.07) is 3.05. The Morgan fingerprint density at radius 2 is 2.25 bits per heavy atom. The number of nitrogens with one attached hydrogen (secondary N) is 2. The molecule has 0 aliphatic carbocycles. The number of rotatable bonds is 4. The molecule has 0 aliphatic heterocycles. The first-order valence-electron chi connectivity index (χ1n) is 5.80. The molecule has 2 rings (SSSR count). The van der Waals surface area contributed by atoms with Gasteiger partial charge in [-0.3, -0.25) is 15.0 Å². The molecule has 0 saturated carbocycles. The van der Waals surface area contributed by atoms with Gasteiger partial charge < -0.3 is 9.40 Å². The molecule has 0 saturated heterocycles. The summed E-state index contributed by atoms with van der Waals surface area (Å²) in [6.07, 6.45) is 0. The third-order valence-corrected chi connectivity index (χ3v) is 3.51. The van der Waals surface area contributed by atoms with Crippen molar-refractivity contribution in [3.8, 4) is 0 Å². The van der Waals surface area contributed by atoms with Gasteiger partial charge in [-0.2, -0.15) is 0 Å². The van der Waals surface area contributed by atoms with Gasteiger partial charge in [0.05, 0.1) is 0 Å². The van der Waals surface area contributed by atoms with E-state index in [1.54, 1.807) is 19.9 Å². The van der Waals surface area contributed by atoms with E-state index in [-0.39, 0.29) is 11.3 Å². The van der Waals surface area contributed by atoms with Gasteiger partial charge in [0.1, 0.15) is 5.76 Å². The van der Waals surface area contributed by atoms with Crippen molar-refractivity contribution in [3.05, 3.63) is 45.3 Å². The van der Waals surface area contributed by atoms with Crippen molar-refractivity contribution in [2.45, 2.75) is 24.8 Å². The first kappa shape index (κ1) is 14.4. The van der Waals surface area contributed by atoms with Crippen molar-refractivity contribution in [1.29, 1.82) is 0 Å². The molecule has 1 amide bonds. The lowest BCUT2D eigenvalue weighted by Gasteiger charge is -2.00. The largest absolute Gasteiger partial charge is 0.456 e. The molecular formula is C12H14N4O3S. The Balaban J connectivity index is 2.12. The summed E-state index contributed by atoms with van der Waals surface area (Å²) in [4.78, 5) is 29.5. The molecule has 106 valence electrons. The minimum Gasteiger partial charge on any atom is -0.456 e. The van der Waals surface area contributed by atoms with Crippen LogP contribution in [0.15, 0.2) is 26.5 Å². The van der Waals surface area contributed by atoms with Gasteiger partial charge in [0.15, 0.2) is 10.9 Å². The van der Waals surface area contributed by atoms with Gasteiger partial charge in [-0.05, 0) is 19.9 Å². The molecule has 0 fully saturated rings. The summed E-state index contributed by atoms with van der Waals surface area (Å²) in [7, 11) is 0. The average molecular weight is 294 g/mol. The zero-order valence-corrected chi connectivity index (χ0v) is 11.8. The summed E-state index contributed by atoms with van der Waals surface area (Å²) < 4.78 is 5.31. The van der Waals surface area contributed by atoms with Crippen LogP contribution in [-0.2, 0) is 5.75 Å². The third-order valence-electron chi connectivity index (χ3n) is 2.59. The number of aryl methyl sites for hydroxylation is 2. The van der Waals surface area contributed by atoms with Crippen molar-refractivity contribution >= 4 is 17.7 Å². The van der Waals surface area contributed by atoms with Crippen molar-refractivity contribution in [3.63, 3.8) is 0 Å². The van der Waals surface area contributed by atoms with Crippen molar-refractivity contribution in [2.75, 3.05) is 0 Å². The molecule has 0 radical (unpaired) electrons. The number of thioether (sulfide) groups is 1. The standard InChI is InChI=1S/C12H14N4O3S/c1-6-3-10(17)15-12(14-6)20-5-8-4-9(11(18)16-13)19-7(8)2/h3-4H,5,13H2,1-2H3,(H,16,18)(H,14,15,17). The van der Waals surface area contributed by atoms with Gasteiger partial charge in [0, 0.05) is 23.1 Å². The van der Waals surface area contributed by atoms with Crippen LogP contribution in [0.5, 0.6) is 0 Å². The molecule has 0 atom stereocenters. The van der Waals surface area contributed by atoms with Gasteiger partial charge >= 0.3 is 5.91 Å². The molecule has 0 spiro atoms. The van der Waals surface area contributed by atoms with Crippen LogP contribution in [-0.4, -0.2) is 15.9 Å². The van der Waals surface area contributed by atoms with E-state index in [1.165, 1.54) is 17.8 Å². The highest BCUT2D eigenvalue weighted by molar-refractivity contribution is 7.98. The van der Waals surface area contributed by atoms with Gasteiger partial charge in [-0.15, -0.1) is 0 Å². The highest BCUT2D eigenvalue weighted by atomic mass is 32.2. The van der Waals surface area contributed by atoms with E-state index in [0.29, 0.717) is 22.4 Å². The van der Waals surface area contributed by atoms with Gasteiger partial charge in [-0.25, -0.2) is 10.8 Å². The number of hydrazine groups is 1. The molecule has 2 aromatic rings. The molecule has 4 N–H and O–H groups in total. The van der Waals surface area contributed by atoms with E-state index >= 15 is 0 Å². The molecule has 20 heavy (non-hydrogen) atoms. The highest BCUT2D eigenvalue weighted by Crippen LogP contribution is 2.23. The Bertz CT molecular complexity index is 692. The number of carbonyl (C=O) groups is 1. The number of nitrogens with zero attached hydrogens (tertiary/aromatic N) is 1. The molecule has 2 aromatic heterocycles. The quantitative estimate of drug-likeness (QED) is 0.253. The van der Waals surface area contributed by atoms with Gasteiger partial charge in [0.2, 0.25) is 0 Å². The Morgan fingerprint density at radius 3 is 2.90 bits per heavy atom. The third kappa shape index (κ3) is 3.28. The number of aromatic amines is 1. The molecular weight excluding hydrogens is 280 g/mol. The topological polar surface area (TPSA) is 114 Å². The lowest BCUT2D eigenvalue weighted by molar-refractivity contribution is 0.0924. The zero-order chi connectivity index (χ0) is 14.7. The number of furan rings is 1. The minimum atomic E-state index is -0.480. The summed E-state index contributed by atoms with van der Waals surface area (Å²) in [5, 5.41) is 0.528. The molecule has 7 nitrogen and oxygen atoms in total. The van der Waals surface area contributed by atoms with E-state index in [1.807, 2.05) is 5.43 Å². The first-order valence-corrected chi connectivity index (χ1v) is 6.79. The predicted molar refractivity (Wildman–Crippen MR) is 74.3 cm³/mol. The van der Waals surface area contributed by atoms with Crippen molar-refractivity contribution in [2.24, 2.45) is 5.84 Å². The summed E-state index contributed by atoms with van der Waals surface area (Å²) >= 11 is 1.36. The van der Waals surface area contributed by atoms with E-state index in [4.69, 9.17) is 10.3 Å². The molecule has 8 heteroatoms. The maximum absolute atomic E-state index is 11.3. The monoisotopic (exact) mass is 294 g/mol. The van der Waals surface area contributed by atoms with Crippen LogP contribution in [0.3, 0.4) is 0 Å². The van der Waals surface area contributed by atoms with Crippen LogP contribution >= 0.6 is 11.8 Å². The Kier molecular flexibility index (Phi) is 4.26. The summed E-state index contributed by atoms with van der Waals surface area (Å²) in [6.45, 7) is 3.52. The minimum absolute atomic E-state index is 0.159. The van der Waals surface area contributed by atoms with Gasteiger partial charge in [-0.1, -0.05) is 11.8 Å². The fourth-order valence-corrected chi connectivity index (χ4v) is 2.57. The van der Waals surface area contributed by atoms with E-state index in [0.717, 1.165) is 5.56 Å². The number of amides is 1. The SMILES string of the molecule is Cc1cc(=O)[nH]c(SCc2cc(C(=O)NN)oc2C)n1. The Morgan fingerprint density at radius 1 is 1.50 bits per heavy atom. The fraction of sp³-hybridized carbons (Fsp3) is 0.250. The molecule has 0 bridgehead atoms. The van der Waals surface area contributed by atoms with Gasteiger partial charge in [0.25, 0.3) is 5.56 Å². The number of nitrogen functional groups attached to an aromatic ring is 1. The second kappa shape index (κ2) is 5.93. The number of hydrogen-bond donors (Lipinski definition) is 3. The van der Waals surface area contributed by atoms with E-state index in [2.05, 4.69) is 9.97 Å². The second-order valence-corrected chi connectivity index (χ2v) is 5.11. The first-order chi connectivity index (χ1) is 9.49. The molecule has 0 aromatic carbocycles. The smallest absolute Gasteiger partial charge is 0.300 e. The molecule has 0 unspecified atom stereocenters. The zero-order valence-electron chi connectivity index (χ0n) is 11.0. The van der Waals surface area contributed by atoms with E-state index in [9.17, 15) is 9.59 Å². The second-order valence-electron chi connectivity index (χ2n) is 4.15. The van der Waals surface area contributed by atoms with Crippen LogP contribution in [0.1, 0.15) is 27.6 Å². The molecule has 2 heterocycles. The highest BCUT2D eigenvalue weighted by Gasteiger charge is 2.13. The average Bonchev–Trinajstić information content (AvgIpc) is 2.76. The van der Waals surface area contributed by atoms with Crippen LogP contribution in [0.25, 0.3) is 0 Å². The number of nitrogens with two attached hydrogens (primary N) is 1. The number of carbonyl (C=O) groups excluding carboxylic acids is 1. The van der Waals surface area contributed by atoms with Crippen molar-refractivity contribution < 1.29 is 9.21 Å². The summed E-state index contributed by atoms with van der Waals surface area (Å²) in [5.41, 5.74) is 3.32. The lowest BCUT2D eigenvalue weighted by Crippen LogP contribution is -2.29. The number of hydrogen-bond acceptors (Lipinski definition) is 6. The fourth-order valence-electron chi connectivity index (χ4n) is 1.61. The maximum atomic E-state index is 11.3. The van der Waals surface area contributed by atoms with Crippen LogP contribution < -0.4 is 16.8 Å². The maximum Gasteiger partial charge on any atom is 0.300 e. The van der Waals surface area contributed by atoms with E-state index < -0.39 is 5.91 Å². The lowest BCUT2D eigenvalue weighted by atomic mass is 10.3. The van der Waals surface area contributed by atoms with Crippen LogP contribution in [0, 0.1) is 13.8 Å². The Hall–Kier alpha value is -2.06. The molecule has 0 aliphatic rings. The summed E-state index contributed by atoms with van der Waals surface area (Å²) in [5.74, 6) is 5.88. The van der Waals surface area contributed by atoms with Crippen molar-refractivity contribution in [1.82, 2.24) is 15.4 Å². The van der Waals surface area contributed by atoms with Crippen LogP contribution in [0.4, 0.5) is 0 Å². The Labute approximate surface area is 118 Å². The normalized spacial score (nSPS) is 10.6.